The fourth-order valence-corrected chi connectivity index (χ4v) is 3.01. The summed E-state index contributed by atoms with van der Waals surface area (Å²) in [5.41, 5.74) is 0.390. The minimum atomic E-state index is -0.493. The van der Waals surface area contributed by atoms with E-state index < -0.39 is 12.7 Å². The Kier molecular flexibility index (Phi) is 6.11. The van der Waals surface area contributed by atoms with Gasteiger partial charge in [-0.25, -0.2) is 0 Å². The van der Waals surface area contributed by atoms with Gasteiger partial charge in [0.25, 0.3) is 0 Å². The van der Waals surface area contributed by atoms with Crippen LogP contribution < -0.4 is 14.9 Å². The third-order valence-electron chi connectivity index (χ3n) is 4.76. The molecule has 6 nitrogen and oxygen atoms in total. The molecule has 2 fully saturated rings. The molecule has 0 spiro atoms. The van der Waals surface area contributed by atoms with Crippen LogP contribution in [-0.2, 0) is 14.0 Å². The van der Waals surface area contributed by atoms with Crippen LogP contribution in [0.2, 0.25) is 0 Å². The van der Waals surface area contributed by atoms with E-state index in [0.29, 0.717) is 18.1 Å². The summed E-state index contributed by atoms with van der Waals surface area (Å²) in [6.45, 7) is 13.1. The second-order valence-electron chi connectivity index (χ2n) is 7.07. The summed E-state index contributed by atoms with van der Waals surface area (Å²) in [5, 5.41) is 0. The molecule has 0 amide bonds. The van der Waals surface area contributed by atoms with Gasteiger partial charge in [-0.2, -0.15) is 0 Å². The lowest BCUT2D eigenvalue weighted by atomic mass is 9.79. The highest BCUT2D eigenvalue weighted by atomic mass is 16.7. The second kappa shape index (κ2) is 8.33. The van der Waals surface area contributed by atoms with Crippen LogP contribution in [0.1, 0.15) is 20.3 Å². The first kappa shape index (κ1) is 19.1. The van der Waals surface area contributed by atoms with Crippen molar-refractivity contribution in [2.24, 2.45) is 0 Å². The number of ether oxygens (including phenoxy) is 3. The lowest BCUT2D eigenvalue weighted by Gasteiger charge is -2.26. The van der Waals surface area contributed by atoms with Crippen LogP contribution >= 0.6 is 0 Å². The topological polar surface area (TPSA) is 49.4 Å². The molecule has 0 atom stereocenters. The Bertz CT molecular complexity index is 630. The second-order valence-corrected chi connectivity index (χ2v) is 7.07. The maximum absolute atomic E-state index is 5.92. The molecule has 0 bridgehead atoms. The van der Waals surface area contributed by atoms with E-state index in [1.54, 1.807) is 7.11 Å². The lowest BCUT2D eigenvalue weighted by molar-refractivity contribution is 0.0357. The van der Waals surface area contributed by atoms with Crippen molar-refractivity contribution in [3.63, 3.8) is 0 Å². The van der Waals surface area contributed by atoms with Gasteiger partial charge < -0.3 is 23.5 Å². The fraction of sp³-hybridized carbons (Fsp3) is 0.579. The normalized spacial score (nSPS) is 20.1. The Balaban J connectivity index is 1.54. The third-order valence-corrected chi connectivity index (χ3v) is 4.76. The van der Waals surface area contributed by atoms with Crippen molar-refractivity contribution in [3.8, 4) is 11.5 Å². The number of rotatable bonds is 7. The van der Waals surface area contributed by atoms with Crippen molar-refractivity contribution in [1.82, 2.24) is 4.90 Å². The molecule has 1 aromatic rings. The van der Waals surface area contributed by atoms with Gasteiger partial charge in [-0.3, -0.25) is 4.90 Å². The van der Waals surface area contributed by atoms with Gasteiger partial charge in [-0.15, -0.1) is 0 Å². The highest BCUT2D eigenvalue weighted by Gasteiger charge is 2.43. The van der Waals surface area contributed by atoms with E-state index in [2.05, 4.69) is 11.5 Å². The SMILES string of the molecule is C=C1OB(c2ccc(OCCCN3CCOCC3)c(OC)c2)OC1(C)C. The monoisotopic (exact) mass is 361 g/mol. The summed E-state index contributed by atoms with van der Waals surface area (Å²) >= 11 is 0. The minimum Gasteiger partial charge on any atom is -0.534 e. The number of methoxy groups -OCH3 is 1. The van der Waals surface area contributed by atoms with E-state index in [-0.39, 0.29) is 0 Å². The molecule has 0 unspecified atom stereocenters. The summed E-state index contributed by atoms with van der Waals surface area (Å²) in [6, 6.07) is 5.75. The van der Waals surface area contributed by atoms with E-state index in [1.807, 2.05) is 32.0 Å². The summed E-state index contributed by atoms with van der Waals surface area (Å²) < 4.78 is 28.4. The molecule has 7 heteroatoms. The molecule has 2 heterocycles. The molecular weight excluding hydrogens is 333 g/mol. The molecule has 1 aromatic carbocycles. The van der Waals surface area contributed by atoms with Gasteiger partial charge >= 0.3 is 7.12 Å². The molecule has 3 rings (SSSR count). The smallest absolute Gasteiger partial charge is 0.534 e. The molecule has 0 aliphatic carbocycles. The van der Waals surface area contributed by atoms with Crippen LogP contribution in [0, 0.1) is 0 Å². The number of hydrogen-bond donors (Lipinski definition) is 0. The van der Waals surface area contributed by atoms with Gasteiger partial charge in [0.2, 0.25) is 0 Å². The number of morpholine rings is 1. The maximum Gasteiger partial charge on any atom is 0.563 e. The van der Waals surface area contributed by atoms with Gasteiger partial charge in [0.1, 0.15) is 5.60 Å². The average Bonchev–Trinajstić information content (AvgIpc) is 2.92. The van der Waals surface area contributed by atoms with Crippen molar-refractivity contribution >= 4 is 12.6 Å². The molecule has 142 valence electrons. The van der Waals surface area contributed by atoms with Crippen molar-refractivity contribution in [2.75, 3.05) is 46.6 Å². The summed E-state index contributed by atoms with van der Waals surface area (Å²) in [5.74, 6) is 2.04. The van der Waals surface area contributed by atoms with Crippen molar-refractivity contribution in [3.05, 3.63) is 30.5 Å². The molecule has 0 radical (unpaired) electrons. The van der Waals surface area contributed by atoms with E-state index in [0.717, 1.165) is 50.5 Å². The quantitative estimate of drug-likeness (QED) is 0.546. The van der Waals surface area contributed by atoms with Gasteiger partial charge in [0.05, 0.1) is 32.7 Å². The number of nitrogens with zero attached hydrogens (tertiary/aromatic N) is 1. The van der Waals surface area contributed by atoms with Crippen LogP contribution in [0.25, 0.3) is 0 Å². The summed E-state index contributed by atoms with van der Waals surface area (Å²) in [4.78, 5) is 2.40. The predicted octanol–water partition coefficient (Wildman–Crippen LogP) is 1.83. The summed E-state index contributed by atoms with van der Waals surface area (Å²) in [6.07, 6.45) is 0.966. The van der Waals surface area contributed by atoms with Crippen molar-refractivity contribution < 1.29 is 23.5 Å². The largest absolute Gasteiger partial charge is 0.563 e. The third kappa shape index (κ3) is 4.52. The highest BCUT2D eigenvalue weighted by Crippen LogP contribution is 2.31. The van der Waals surface area contributed by atoms with E-state index in [1.165, 1.54) is 0 Å². The van der Waals surface area contributed by atoms with E-state index in [9.17, 15) is 0 Å². The van der Waals surface area contributed by atoms with Gasteiger partial charge in [-0.1, -0.05) is 12.6 Å². The van der Waals surface area contributed by atoms with Gasteiger partial charge in [0.15, 0.2) is 11.5 Å². The van der Waals surface area contributed by atoms with Gasteiger partial charge in [-0.05, 0) is 32.4 Å². The zero-order valence-electron chi connectivity index (χ0n) is 16.0. The molecule has 2 aliphatic rings. The Morgan fingerprint density at radius 1 is 1.23 bits per heavy atom. The Labute approximate surface area is 156 Å². The Hall–Kier alpha value is -1.70. The Morgan fingerprint density at radius 2 is 2.00 bits per heavy atom. The van der Waals surface area contributed by atoms with Crippen LogP contribution in [0.5, 0.6) is 11.5 Å². The summed E-state index contributed by atoms with van der Waals surface area (Å²) in [7, 11) is 1.17. The first-order valence-corrected chi connectivity index (χ1v) is 9.14. The van der Waals surface area contributed by atoms with Gasteiger partial charge in [0, 0.05) is 25.1 Å². The molecule has 2 aliphatic heterocycles. The first-order chi connectivity index (χ1) is 12.5. The molecular formula is C19H28BNO5. The number of hydrogen-bond acceptors (Lipinski definition) is 6. The average molecular weight is 361 g/mol. The van der Waals surface area contributed by atoms with Crippen LogP contribution in [0.4, 0.5) is 0 Å². The van der Waals surface area contributed by atoms with E-state index in [4.69, 9.17) is 23.5 Å². The molecule has 2 saturated heterocycles. The highest BCUT2D eigenvalue weighted by molar-refractivity contribution is 6.62. The standard InChI is InChI=1S/C19H28BNO5/c1-15-19(2,3)26-20(25-15)16-6-7-17(18(14-16)22-4)24-11-5-8-21-9-12-23-13-10-21/h6-7,14H,1,5,8-13H2,2-4H3. The zero-order valence-corrected chi connectivity index (χ0v) is 16.0. The predicted molar refractivity (Wildman–Crippen MR) is 101 cm³/mol. The molecule has 26 heavy (non-hydrogen) atoms. The fourth-order valence-electron chi connectivity index (χ4n) is 3.01. The van der Waals surface area contributed by atoms with Crippen LogP contribution in [0.3, 0.4) is 0 Å². The number of benzene rings is 1. The first-order valence-electron chi connectivity index (χ1n) is 9.14. The zero-order chi connectivity index (χ0) is 18.6. The van der Waals surface area contributed by atoms with Crippen molar-refractivity contribution in [2.45, 2.75) is 25.9 Å². The Morgan fingerprint density at radius 3 is 2.65 bits per heavy atom. The van der Waals surface area contributed by atoms with Crippen LogP contribution in [0.15, 0.2) is 30.5 Å². The molecule has 0 saturated carbocycles. The minimum absolute atomic E-state index is 0.471. The molecule has 0 aromatic heterocycles. The van der Waals surface area contributed by atoms with E-state index >= 15 is 0 Å². The molecule has 0 N–H and O–H groups in total. The van der Waals surface area contributed by atoms with Crippen molar-refractivity contribution in [1.29, 1.82) is 0 Å². The maximum atomic E-state index is 5.92. The lowest BCUT2D eigenvalue weighted by Crippen LogP contribution is -2.37. The van der Waals surface area contributed by atoms with Crippen LogP contribution in [-0.4, -0.2) is 64.2 Å².